The first-order valence-corrected chi connectivity index (χ1v) is 8.31. The minimum absolute atomic E-state index is 0.00949. The van der Waals surface area contributed by atoms with Gasteiger partial charge in [0.2, 0.25) is 0 Å². The highest BCUT2D eigenvalue weighted by atomic mass is 19.3. The predicted octanol–water partition coefficient (Wildman–Crippen LogP) is 1.73. The van der Waals surface area contributed by atoms with Crippen molar-refractivity contribution >= 4 is 5.97 Å². The summed E-state index contributed by atoms with van der Waals surface area (Å²) in [7, 11) is 0. The van der Waals surface area contributed by atoms with Crippen LogP contribution in [0.3, 0.4) is 0 Å². The summed E-state index contributed by atoms with van der Waals surface area (Å²) in [5.41, 5.74) is 5.83. The summed E-state index contributed by atoms with van der Waals surface area (Å²) in [4.78, 5) is 14.7. The molecule has 0 aliphatic rings. The molecule has 0 aliphatic carbocycles. The van der Waals surface area contributed by atoms with Gasteiger partial charge in [-0.15, -0.1) is 0 Å². The number of carbonyl (C=O) groups excluding carboxylic acids is 1. The van der Waals surface area contributed by atoms with Gasteiger partial charge in [0.05, 0.1) is 32.0 Å². The lowest BCUT2D eigenvalue weighted by Crippen LogP contribution is -2.09. The second-order valence-corrected chi connectivity index (χ2v) is 5.70. The number of esters is 1. The monoisotopic (exact) mass is 384 g/mol. The number of ether oxygens (including phenoxy) is 1. The van der Waals surface area contributed by atoms with E-state index in [1.54, 1.807) is 6.92 Å². The molecule has 9 heteroatoms. The number of H-pyrrole nitrogens is 1. The third-order valence-corrected chi connectivity index (χ3v) is 4.30. The Balaban J connectivity index is 2.84. The van der Waals surface area contributed by atoms with Crippen molar-refractivity contribution in [1.82, 2.24) is 4.98 Å². The number of hydrogen-bond acceptors (Lipinski definition) is 6. The highest BCUT2D eigenvalue weighted by molar-refractivity contribution is 5.93. The van der Waals surface area contributed by atoms with Crippen molar-refractivity contribution in [3.8, 4) is 11.1 Å². The summed E-state index contributed by atoms with van der Waals surface area (Å²) >= 11 is 0. The number of halogens is 2. The molecule has 1 aromatic heterocycles. The molecule has 2 aromatic rings. The number of aliphatic hydroxyl groups excluding tert-OH is 3. The van der Waals surface area contributed by atoms with Crippen LogP contribution < -0.4 is 5.73 Å². The summed E-state index contributed by atoms with van der Waals surface area (Å²) in [6, 6.07) is 2.91. The summed E-state index contributed by atoms with van der Waals surface area (Å²) in [6.07, 6.45) is -3.02. The molecule has 0 saturated heterocycles. The largest absolute Gasteiger partial charge is 0.461 e. The molecule has 0 amide bonds. The lowest BCUT2D eigenvalue weighted by Gasteiger charge is -2.17. The van der Waals surface area contributed by atoms with Gasteiger partial charge in [-0.2, -0.15) is 0 Å². The van der Waals surface area contributed by atoms with Gasteiger partial charge >= 0.3 is 5.97 Å². The van der Waals surface area contributed by atoms with Crippen LogP contribution in [0.4, 0.5) is 8.78 Å². The van der Waals surface area contributed by atoms with E-state index in [1.165, 1.54) is 12.1 Å². The van der Waals surface area contributed by atoms with Crippen LogP contribution >= 0.6 is 0 Å². The van der Waals surface area contributed by atoms with Crippen LogP contribution in [0.15, 0.2) is 12.1 Å². The number of alkyl halides is 2. The lowest BCUT2D eigenvalue weighted by molar-refractivity contribution is 0.0509. The first-order valence-electron chi connectivity index (χ1n) is 8.31. The number of carbonyl (C=O) groups is 1. The van der Waals surface area contributed by atoms with E-state index in [4.69, 9.17) is 10.5 Å². The molecule has 6 N–H and O–H groups in total. The number of nitrogens with one attached hydrogen (secondary N) is 1. The third kappa shape index (κ3) is 3.86. The Morgan fingerprint density at radius 2 is 1.85 bits per heavy atom. The average Bonchev–Trinajstić information content (AvgIpc) is 3.06. The quantitative estimate of drug-likeness (QED) is 0.441. The van der Waals surface area contributed by atoms with Crippen molar-refractivity contribution in [1.29, 1.82) is 0 Å². The van der Waals surface area contributed by atoms with Gasteiger partial charge in [0.15, 0.2) is 0 Å². The van der Waals surface area contributed by atoms with Crippen molar-refractivity contribution in [3.05, 3.63) is 45.8 Å². The Bertz CT molecular complexity index is 821. The standard InChI is InChI=1S/C18H22F2N2O5/c1-2-27-18(26)16-15(17(19)20)14(13(5-21)22-16)10-4-3-9(6-23)11(7-24)12(10)8-25/h3-4,17,22-25H,2,5-8,21H2,1H3. The Labute approximate surface area is 154 Å². The van der Waals surface area contributed by atoms with Crippen LogP contribution in [0.2, 0.25) is 0 Å². The fourth-order valence-electron chi connectivity index (χ4n) is 3.11. The molecule has 0 saturated carbocycles. The maximum Gasteiger partial charge on any atom is 0.355 e. The predicted molar refractivity (Wildman–Crippen MR) is 92.8 cm³/mol. The maximum atomic E-state index is 13.9. The Morgan fingerprint density at radius 1 is 1.19 bits per heavy atom. The number of benzene rings is 1. The second-order valence-electron chi connectivity index (χ2n) is 5.70. The molecular weight excluding hydrogens is 362 g/mol. The molecule has 0 bridgehead atoms. The zero-order valence-corrected chi connectivity index (χ0v) is 14.8. The number of aliphatic hydroxyl groups is 3. The van der Waals surface area contributed by atoms with E-state index in [2.05, 4.69) is 4.98 Å². The number of aromatic nitrogens is 1. The van der Waals surface area contributed by atoms with Gasteiger partial charge in [-0.1, -0.05) is 12.1 Å². The Morgan fingerprint density at radius 3 is 2.33 bits per heavy atom. The zero-order valence-electron chi connectivity index (χ0n) is 14.8. The molecule has 0 fully saturated rings. The molecule has 2 rings (SSSR count). The normalized spacial score (nSPS) is 11.3. The van der Waals surface area contributed by atoms with Crippen LogP contribution in [0.1, 0.15) is 51.8 Å². The molecule has 0 aliphatic heterocycles. The van der Waals surface area contributed by atoms with Gasteiger partial charge in [-0.3, -0.25) is 0 Å². The van der Waals surface area contributed by atoms with E-state index in [-0.39, 0.29) is 41.1 Å². The smallest absolute Gasteiger partial charge is 0.355 e. The van der Waals surface area contributed by atoms with Crippen molar-refractivity contribution in [3.63, 3.8) is 0 Å². The van der Waals surface area contributed by atoms with E-state index >= 15 is 0 Å². The van der Waals surface area contributed by atoms with Crippen LogP contribution in [0.5, 0.6) is 0 Å². The first-order chi connectivity index (χ1) is 12.9. The minimum atomic E-state index is -3.02. The topological polar surface area (TPSA) is 129 Å². The van der Waals surface area contributed by atoms with E-state index < -0.39 is 43.5 Å². The summed E-state index contributed by atoms with van der Waals surface area (Å²) in [5, 5.41) is 28.8. The summed E-state index contributed by atoms with van der Waals surface area (Å²) < 4.78 is 32.6. The molecule has 148 valence electrons. The molecule has 1 heterocycles. The van der Waals surface area contributed by atoms with E-state index in [9.17, 15) is 28.9 Å². The van der Waals surface area contributed by atoms with Crippen molar-refractivity contribution in [2.75, 3.05) is 6.61 Å². The van der Waals surface area contributed by atoms with Gasteiger partial charge in [-0.05, 0) is 29.2 Å². The molecule has 0 atom stereocenters. The number of nitrogens with two attached hydrogens (primary N) is 1. The number of hydrogen-bond donors (Lipinski definition) is 5. The fourth-order valence-corrected chi connectivity index (χ4v) is 3.11. The summed E-state index contributed by atoms with van der Waals surface area (Å²) in [5.74, 6) is -0.936. The molecule has 0 spiro atoms. The first kappa shape index (κ1) is 21.0. The fraction of sp³-hybridized carbons (Fsp3) is 0.389. The molecule has 0 unspecified atom stereocenters. The van der Waals surface area contributed by atoms with Gasteiger partial charge < -0.3 is 30.8 Å². The highest BCUT2D eigenvalue weighted by Crippen LogP contribution is 2.40. The molecule has 0 radical (unpaired) electrons. The van der Waals surface area contributed by atoms with Gasteiger partial charge in [0.1, 0.15) is 5.69 Å². The molecule has 7 nitrogen and oxygen atoms in total. The van der Waals surface area contributed by atoms with Crippen molar-refractivity contribution in [2.45, 2.75) is 39.7 Å². The van der Waals surface area contributed by atoms with Crippen molar-refractivity contribution < 1.29 is 33.6 Å². The third-order valence-electron chi connectivity index (χ3n) is 4.30. The van der Waals surface area contributed by atoms with E-state index in [0.717, 1.165) is 0 Å². The maximum absolute atomic E-state index is 13.9. The zero-order chi connectivity index (χ0) is 20.1. The van der Waals surface area contributed by atoms with Crippen LogP contribution in [-0.4, -0.2) is 32.9 Å². The Hall–Kier alpha value is -2.33. The second kappa shape index (κ2) is 9.05. The minimum Gasteiger partial charge on any atom is -0.461 e. The molecular formula is C18H22F2N2O5. The highest BCUT2D eigenvalue weighted by Gasteiger charge is 2.30. The molecule has 27 heavy (non-hydrogen) atoms. The van der Waals surface area contributed by atoms with Crippen molar-refractivity contribution in [2.24, 2.45) is 5.73 Å². The number of rotatable bonds is 8. The lowest BCUT2D eigenvalue weighted by atomic mass is 9.90. The molecule has 1 aromatic carbocycles. The summed E-state index contributed by atoms with van der Waals surface area (Å²) in [6.45, 7) is -0.0674. The van der Waals surface area contributed by atoms with E-state index in [0.29, 0.717) is 5.56 Å². The number of aromatic amines is 1. The Kier molecular flexibility index (Phi) is 7.03. The van der Waals surface area contributed by atoms with E-state index in [1.807, 2.05) is 0 Å². The van der Waals surface area contributed by atoms with Crippen LogP contribution in [0.25, 0.3) is 11.1 Å². The average molecular weight is 384 g/mol. The van der Waals surface area contributed by atoms with Gasteiger partial charge in [0.25, 0.3) is 6.43 Å². The van der Waals surface area contributed by atoms with Crippen LogP contribution in [-0.2, 0) is 31.1 Å². The van der Waals surface area contributed by atoms with Gasteiger partial charge in [0, 0.05) is 17.8 Å². The van der Waals surface area contributed by atoms with Gasteiger partial charge in [-0.25, -0.2) is 13.6 Å². The SMILES string of the molecule is CCOC(=O)c1[nH]c(CN)c(-c2ccc(CO)c(CO)c2CO)c1C(F)F. The van der Waals surface area contributed by atoms with Crippen LogP contribution in [0, 0.1) is 0 Å².